The Labute approximate surface area is 209 Å². The molecule has 1 amide bonds. The van der Waals surface area contributed by atoms with Gasteiger partial charge in [-0.25, -0.2) is 4.79 Å². The molecule has 11 heteroatoms. The third-order valence-corrected chi connectivity index (χ3v) is 6.46. The number of carbonyl (C=O) groups is 3. The Morgan fingerprint density at radius 1 is 1.19 bits per heavy atom. The lowest BCUT2D eigenvalue weighted by molar-refractivity contribution is -0.384. The van der Waals surface area contributed by atoms with Gasteiger partial charge in [0.1, 0.15) is 5.69 Å². The first-order chi connectivity index (χ1) is 17.2. The van der Waals surface area contributed by atoms with E-state index in [1.54, 1.807) is 18.4 Å². The Hall–Kier alpha value is -3.57. The van der Waals surface area contributed by atoms with Crippen molar-refractivity contribution in [3.8, 4) is 0 Å². The van der Waals surface area contributed by atoms with Crippen LogP contribution in [0.5, 0.6) is 0 Å². The molecule has 0 spiro atoms. The molecule has 0 saturated carbocycles. The summed E-state index contributed by atoms with van der Waals surface area (Å²) in [5.41, 5.74) is 1.74. The van der Waals surface area contributed by atoms with Gasteiger partial charge in [-0.2, -0.15) is 0 Å². The average molecular weight is 501 g/mol. The molecule has 0 unspecified atom stereocenters. The molecule has 3 rings (SSSR count). The second kappa shape index (κ2) is 11.9. The topological polar surface area (TPSA) is 124 Å². The van der Waals surface area contributed by atoms with Crippen molar-refractivity contribution in [2.45, 2.75) is 27.3 Å². The van der Waals surface area contributed by atoms with Crippen LogP contribution in [-0.2, 0) is 16.0 Å². The van der Waals surface area contributed by atoms with Crippen LogP contribution in [0.25, 0.3) is 0 Å². The van der Waals surface area contributed by atoms with Gasteiger partial charge in [-0.05, 0) is 32.4 Å². The molecule has 1 aromatic carbocycles. The Morgan fingerprint density at radius 2 is 1.89 bits per heavy atom. The van der Waals surface area contributed by atoms with Gasteiger partial charge in [0.25, 0.3) is 11.6 Å². The van der Waals surface area contributed by atoms with Crippen LogP contribution in [-0.4, -0.2) is 90.0 Å². The van der Waals surface area contributed by atoms with Crippen LogP contribution in [0.1, 0.15) is 49.4 Å². The third-order valence-electron chi connectivity index (χ3n) is 6.46. The number of non-ortho nitro benzene ring substituents is 1. The number of rotatable bonds is 10. The fourth-order valence-corrected chi connectivity index (χ4v) is 4.59. The van der Waals surface area contributed by atoms with Gasteiger partial charge in [0.05, 0.1) is 31.8 Å². The number of amides is 1. The van der Waals surface area contributed by atoms with Crippen molar-refractivity contribution < 1.29 is 28.8 Å². The third kappa shape index (κ3) is 5.80. The van der Waals surface area contributed by atoms with Crippen molar-refractivity contribution in [1.29, 1.82) is 0 Å². The maximum atomic E-state index is 13.6. The summed E-state index contributed by atoms with van der Waals surface area (Å²) in [6, 6.07) is 5.48. The number of benzene rings is 1. The Balaban J connectivity index is 1.92. The highest BCUT2D eigenvalue weighted by molar-refractivity contribution is 6.06. The zero-order valence-corrected chi connectivity index (χ0v) is 21.1. The normalized spacial score (nSPS) is 13.9. The first-order valence-corrected chi connectivity index (χ1v) is 11.8. The van der Waals surface area contributed by atoms with E-state index in [1.165, 1.54) is 36.3 Å². The summed E-state index contributed by atoms with van der Waals surface area (Å²) in [6.07, 6.45) is 0. The highest BCUT2D eigenvalue weighted by Gasteiger charge is 2.29. The van der Waals surface area contributed by atoms with Crippen molar-refractivity contribution in [2.75, 3.05) is 53.0 Å². The molecule has 36 heavy (non-hydrogen) atoms. The zero-order chi connectivity index (χ0) is 26.4. The average Bonchev–Trinajstić information content (AvgIpc) is 3.15. The molecular formula is C25H32N4O7. The maximum absolute atomic E-state index is 13.6. The van der Waals surface area contributed by atoms with E-state index in [-0.39, 0.29) is 30.1 Å². The molecular weight excluding hydrogens is 468 g/mol. The number of aromatic nitrogens is 1. The molecule has 2 aromatic rings. The number of nitro benzene ring substituents is 1. The molecule has 0 aliphatic carbocycles. The molecule has 194 valence electrons. The summed E-state index contributed by atoms with van der Waals surface area (Å²) < 4.78 is 12.0. The predicted molar refractivity (Wildman–Crippen MR) is 132 cm³/mol. The van der Waals surface area contributed by atoms with E-state index in [0.29, 0.717) is 61.9 Å². The predicted octanol–water partition coefficient (Wildman–Crippen LogP) is 2.48. The monoisotopic (exact) mass is 500 g/mol. The number of nitro groups is 1. The second-order valence-electron chi connectivity index (χ2n) is 8.58. The van der Waals surface area contributed by atoms with Crippen LogP contribution in [0.15, 0.2) is 24.3 Å². The number of esters is 1. The fraction of sp³-hybridized carbons (Fsp3) is 0.480. The SMILES string of the molecule is CCn1c(C)c(C(=O)CN(CCN2CCOCC2)C(=O)c2cccc([N+](=O)[O-])c2)c(C)c1C(=O)OC. The summed E-state index contributed by atoms with van der Waals surface area (Å²) >= 11 is 0. The summed E-state index contributed by atoms with van der Waals surface area (Å²) in [5, 5.41) is 11.2. The Morgan fingerprint density at radius 3 is 2.50 bits per heavy atom. The molecule has 1 aromatic heterocycles. The second-order valence-corrected chi connectivity index (χ2v) is 8.58. The summed E-state index contributed by atoms with van der Waals surface area (Å²) in [7, 11) is 1.29. The Bertz CT molecular complexity index is 1150. The number of nitrogens with zero attached hydrogens (tertiary/aromatic N) is 4. The van der Waals surface area contributed by atoms with Gasteiger partial charge < -0.3 is 18.9 Å². The quantitative estimate of drug-likeness (QED) is 0.211. The van der Waals surface area contributed by atoms with E-state index in [1.807, 2.05) is 6.92 Å². The number of hydrogen-bond donors (Lipinski definition) is 0. The molecule has 0 N–H and O–H groups in total. The molecule has 0 bridgehead atoms. The van der Waals surface area contributed by atoms with Gasteiger partial charge in [-0.3, -0.25) is 24.6 Å². The molecule has 1 saturated heterocycles. The van der Waals surface area contributed by atoms with Crippen LogP contribution in [0.2, 0.25) is 0 Å². The van der Waals surface area contributed by atoms with Crippen molar-refractivity contribution >= 4 is 23.3 Å². The smallest absolute Gasteiger partial charge is 0.354 e. The number of hydrogen-bond acceptors (Lipinski definition) is 8. The van der Waals surface area contributed by atoms with Crippen molar-refractivity contribution in [3.05, 3.63) is 62.5 Å². The zero-order valence-electron chi connectivity index (χ0n) is 21.1. The molecule has 11 nitrogen and oxygen atoms in total. The maximum Gasteiger partial charge on any atom is 0.354 e. The summed E-state index contributed by atoms with van der Waals surface area (Å²) in [4.78, 5) is 53.6. The van der Waals surface area contributed by atoms with Gasteiger partial charge >= 0.3 is 5.97 Å². The number of ketones is 1. The summed E-state index contributed by atoms with van der Waals surface area (Å²) in [6.45, 7) is 8.96. The van der Waals surface area contributed by atoms with E-state index in [9.17, 15) is 24.5 Å². The number of Topliss-reactive ketones (excluding diaryl/α,β-unsaturated/α-hetero) is 1. The number of methoxy groups -OCH3 is 1. The highest BCUT2D eigenvalue weighted by Crippen LogP contribution is 2.24. The summed E-state index contributed by atoms with van der Waals surface area (Å²) in [5.74, 6) is -1.32. The van der Waals surface area contributed by atoms with E-state index in [0.717, 1.165) is 0 Å². The number of carbonyl (C=O) groups excluding carboxylic acids is 3. The lowest BCUT2D eigenvalue weighted by Crippen LogP contribution is -2.44. The van der Waals surface area contributed by atoms with Gasteiger partial charge in [-0.15, -0.1) is 0 Å². The molecule has 1 aliphatic rings. The molecule has 0 atom stereocenters. The first kappa shape index (κ1) is 27.0. The highest BCUT2D eigenvalue weighted by atomic mass is 16.6. The largest absolute Gasteiger partial charge is 0.464 e. The van der Waals surface area contributed by atoms with Gasteiger partial charge in [0, 0.05) is 61.7 Å². The van der Waals surface area contributed by atoms with Crippen LogP contribution in [0.4, 0.5) is 5.69 Å². The lowest BCUT2D eigenvalue weighted by Gasteiger charge is -2.30. The van der Waals surface area contributed by atoms with Crippen LogP contribution in [0.3, 0.4) is 0 Å². The molecule has 1 fully saturated rings. The van der Waals surface area contributed by atoms with Crippen LogP contribution in [0, 0.1) is 24.0 Å². The van der Waals surface area contributed by atoms with Crippen molar-refractivity contribution in [3.63, 3.8) is 0 Å². The van der Waals surface area contributed by atoms with E-state index in [2.05, 4.69) is 4.90 Å². The van der Waals surface area contributed by atoms with Gasteiger partial charge in [0.15, 0.2) is 5.78 Å². The van der Waals surface area contributed by atoms with Gasteiger partial charge in [0.2, 0.25) is 0 Å². The standard InChI is InChI=1S/C25H32N4O7/c1-5-28-18(3)22(17(2)23(28)25(32)35-4)21(30)16-27(10-9-26-11-13-36-14-12-26)24(31)19-7-6-8-20(15-19)29(33)34/h6-8,15H,5,9-14,16H2,1-4H3. The van der Waals surface area contributed by atoms with Crippen LogP contribution >= 0.6 is 0 Å². The number of morpholine rings is 1. The minimum atomic E-state index is -0.561. The van der Waals surface area contributed by atoms with E-state index in [4.69, 9.17) is 9.47 Å². The van der Waals surface area contributed by atoms with E-state index < -0.39 is 16.8 Å². The van der Waals surface area contributed by atoms with Crippen molar-refractivity contribution in [1.82, 2.24) is 14.4 Å². The van der Waals surface area contributed by atoms with Crippen molar-refractivity contribution in [2.24, 2.45) is 0 Å². The minimum Gasteiger partial charge on any atom is -0.464 e. The Kier molecular flexibility index (Phi) is 8.94. The van der Waals surface area contributed by atoms with E-state index >= 15 is 0 Å². The first-order valence-electron chi connectivity index (χ1n) is 11.8. The minimum absolute atomic E-state index is 0.133. The van der Waals surface area contributed by atoms with Gasteiger partial charge in [-0.1, -0.05) is 6.07 Å². The molecule has 1 aliphatic heterocycles. The molecule has 0 radical (unpaired) electrons. The fourth-order valence-electron chi connectivity index (χ4n) is 4.59. The lowest BCUT2D eigenvalue weighted by atomic mass is 10.0. The molecule has 2 heterocycles. The van der Waals surface area contributed by atoms with Crippen LogP contribution < -0.4 is 0 Å². The number of ether oxygens (including phenoxy) is 2.